The summed E-state index contributed by atoms with van der Waals surface area (Å²) in [5.74, 6) is 0. The van der Waals surface area contributed by atoms with Gasteiger partial charge in [0.05, 0.1) is 0 Å². The first-order valence-corrected chi connectivity index (χ1v) is 4.83. The fourth-order valence-electron chi connectivity index (χ4n) is 1.29. The zero-order valence-corrected chi connectivity index (χ0v) is 8.50. The molecular weight excluding hydrogens is 188 g/mol. The van der Waals surface area contributed by atoms with Gasteiger partial charge in [-0.2, -0.15) is 0 Å². The average molecular weight is 202 g/mol. The molecule has 0 heterocycles. The standard InChI is InChI=1S/C11H14N4/c12-7-6-11-4-1-3-10(9-11)5-2-8-14-15-13/h1-5,9H,6-8,12H2. The SMILES string of the molecule is [N-]=[N+]=NCC=Cc1cccc(CCN)c1. The van der Waals surface area contributed by atoms with E-state index in [-0.39, 0.29) is 0 Å². The van der Waals surface area contributed by atoms with E-state index in [4.69, 9.17) is 11.3 Å². The smallest absolute Gasteiger partial charge is 0.0443 e. The quantitative estimate of drug-likeness (QED) is 0.444. The molecule has 1 aromatic carbocycles. The molecule has 0 spiro atoms. The number of nitrogens with two attached hydrogens (primary N) is 1. The van der Waals surface area contributed by atoms with Crippen molar-refractivity contribution >= 4 is 6.08 Å². The minimum Gasteiger partial charge on any atom is -0.330 e. The maximum atomic E-state index is 8.09. The summed E-state index contributed by atoms with van der Waals surface area (Å²) >= 11 is 0. The molecule has 0 unspecified atom stereocenters. The van der Waals surface area contributed by atoms with Crippen molar-refractivity contribution in [3.8, 4) is 0 Å². The molecule has 2 N–H and O–H groups in total. The maximum absolute atomic E-state index is 8.09. The van der Waals surface area contributed by atoms with Gasteiger partial charge in [0.25, 0.3) is 0 Å². The average Bonchev–Trinajstić information content (AvgIpc) is 2.26. The predicted octanol–water partition coefficient (Wildman–Crippen LogP) is 2.51. The fraction of sp³-hybridized carbons (Fsp3) is 0.273. The highest BCUT2D eigenvalue weighted by molar-refractivity contribution is 5.50. The van der Waals surface area contributed by atoms with Gasteiger partial charge in [-0.05, 0) is 29.6 Å². The van der Waals surface area contributed by atoms with Gasteiger partial charge in [0.1, 0.15) is 0 Å². The Labute approximate surface area is 89.0 Å². The molecule has 4 heteroatoms. The van der Waals surface area contributed by atoms with Crippen LogP contribution in [-0.4, -0.2) is 13.1 Å². The van der Waals surface area contributed by atoms with Crippen molar-refractivity contribution in [1.29, 1.82) is 0 Å². The number of rotatable bonds is 5. The molecule has 0 aliphatic carbocycles. The second-order valence-corrected chi connectivity index (χ2v) is 3.10. The lowest BCUT2D eigenvalue weighted by atomic mass is 10.1. The normalized spacial score (nSPS) is 10.2. The molecule has 1 rings (SSSR count). The molecule has 0 aliphatic rings. The first-order valence-electron chi connectivity index (χ1n) is 4.83. The highest BCUT2D eigenvalue weighted by Gasteiger charge is 1.91. The van der Waals surface area contributed by atoms with Crippen LogP contribution in [0.5, 0.6) is 0 Å². The van der Waals surface area contributed by atoms with E-state index in [1.54, 1.807) is 0 Å². The Kier molecular flexibility index (Phi) is 5.01. The number of azide groups is 1. The number of benzene rings is 1. The Bertz CT molecular complexity index is 378. The van der Waals surface area contributed by atoms with Gasteiger partial charge in [0.2, 0.25) is 0 Å². The molecule has 15 heavy (non-hydrogen) atoms. The lowest BCUT2D eigenvalue weighted by Gasteiger charge is -1.99. The Balaban J connectivity index is 2.64. The van der Waals surface area contributed by atoms with Crippen LogP contribution in [0.15, 0.2) is 35.5 Å². The summed E-state index contributed by atoms with van der Waals surface area (Å²) in [6, 6.07) is 8.14. The van der Waals surface area contributed by atoms with Crippen LogP contribution >= 0.6 is 0 Å². The Morgan fingerprint density at radius 1 is 1.47 bits per heavy atom. The lowest BCUT2D eigenvalue weighted by molar-refractivity contribution is 0.968. The van der Waals surface area contributed by atoms with Gasteiger partial charge in [-0.25, -0.2) is 0 Å². The number of hydrogen-bond acceptors (Lipinski definition) is 2. The van der Waals surface area contributed by atoms with E-state index in [1.165, 1.54) is 5.56 Å². The van der Waals surface area contributed by atoms with E-state index in [2.05, 4.69) is 22.2 Å². The minimum atomic E-state index is 0.387. The van der Waals surface area contributed by atoms with E-state index in [9.17, 15) is 0 Å². The van der Waals surface area contributed by atoms with Crippen LogP contribution < -0.4 is 5.73 Å². The van der Waals surface area contributed by atoms with E-state index >= 15 is 0 Å². The van der Waals surface area contributed by atoms with Gasteiger partial charge in [-0.15, -0.1) is 0 Å². The molecule has 1 aromatic rings. The summed E-state index contributed by atoms with van der Waals surface area (Å²) in [6.45, 7) is 1.05. The van der Waals surface area contributed by atoms with Crippen molar-refractivity contribution in [3.05, 3.63) is 51.9 Å². The third-order valence-electron chi connectivity index (χ3n) is 1.94. The van der Waals surface area contributed by atoms with E-state index in [0.29, 0.717) is 13.1 Å². The van der Waals surface area contributed by atoms with Crippen molar-refractivity contribution in [2.24, 2.45) is 10.8 Å². The van der Waals surface area contributed by atoms with Crippen LogP contribution in [-0.2, 0) is 6.42 Å². The first-order chi connectivity index (χ1) is 7.36. The molecular formula is C11H14N4. The van der Waals surface area contributed by atoms with E-state index in [0.717, 1.165) is 12.0 Å². The van der Waals surface area contributed by atoms with Gasteiger partial charge < -0.3 is 5.73 Å². The second-order valence-electron chi connectivity index (χ2n) is 3.10. The molecule has 4 nitrogen and oxygen atoms in total. The monoisotopic (exact) mass is 202 g/mol. The zero-order valence-electron chi connectivity index (χ0n) is 8.50. The van der Waals surface area contributed by atoms with E-state index < -0.39 is 0 Å². The summed E-state index contributed by atoms with van der Waals surface area (Å²) in [4.78, 5) is 2.67. The Morgan fingerprint density at radius 3 is 3.07 bits per heavy atom. The number of hydrogen-bond donors (Lipinski definition) is 1. The summed E-state index contributed by atoms with van der Waals surface area (Å²) in [6.07, 6.45) is 4.66. The van der Waals surface area contributed by atoms with Gasteiger partial charge >= 0.3 is 0 Å². The fourth-order valence-corrected chi connectivity index (χ4v) is 1.29. The molecule has 78 valence electrons. The predicted molar refractivity (Wildman–Crippen MR) is 62.2 cm³/mol. The molecule has 0 bridgehead atoms. The Hall–Kier alpha value is -1.77. The summed E-state index contributed by atoms with van der Waals surface area (Å²) in [5, 5.41) is 3.42. The summed E-state index contributed by atoms with van der Waals surface area (Å²) < 4.78 is 0. The van der Waals surface area contributed by atoms with Gasteiger partial charge in [0, 0.05) is 11.5 Å². The third kappa shape index (κ3) is 4.31. The lowest BCUT2D eigenvalue weighted by Crippen LogP contribution is -2.02. The maximum Gasteiger partial charge on any atom is 0.0443 e. The van der Waals surface area contributed by atoms with Crippen molar-refractivity contribution in [3.63, 3.8) is 0 Å². The first kappa shape index (κ1) is 11.3. The van der Waals surface area contributed by atoms with E-state index in [1.807, 2.05) is 24.3 Å². The molecule has 0 saturated carbocycles. The van der Waals surface area contributed by atoms with Gasteiger partial charge in [0.15, 0.2) is 0 Å². The zero-order chi connectivity index (χ0) is 10.9. The summed E-state index contributed by atoms with van der Waals surface area (Å²) in [7, 11) is 0. The summed E-state index contributed by atoms with van der Waals surface area (Å²) in [5.41, 5.74) is 15.9. The molecule has 0 aromatic heterocycles. The topological polar surface area (TPSA) is 74.8 Å². The molecule has 0 aliphatic heterocycles. The Morgan fingerprint density at radius 2 is 2.33 bits per heavy atom. The highest BCUT2D eigenvalue weighted by atomic mass is 15.1. The van der Waals surface area contributed by atoms with Crippen molar-refractivity contribution < 1.29 is 0 Å². The number of nitrogens with zero attached hydrogens (tertiary/aromatic N) is 3. The van der Waals surface area contributed by atoms with Crippen molar-refractivity contribution in [1.82, 2.24) is 0 Å². The van der Waals surface area contributed by atoms with Crippen LogP contribution in [0.2, 0.25) is 0 Å². The van der Waals surface area contributed by atoms with Gasteiger partial charge in [-0.3, -0.25) is 0 Å². The largest absolute Gasteiger partial charge is 0.330 e. The third-order valence-corrected chi connectivity index (χ3v) is 1.94. The highest BCUT2D eigenvalue weighted by Crippen LogP contribution is 2.07. The van der Waals surface area contributed by atoms with Crippen LogP contribution in [0.25, 0.3) is 16.5 Å². The van der Waals surface area contributed by atoms with Crippen LogP contribution in [0, 0.1) is 0 Å². The molecule has 0 saturated heterocycles. The minimum absolute atomic E-state index is 0.387. The molecule has 0 atom stereocenters. The van der Waals surface area contributed by atoms with Crippen LogP contribution in [0.3, 0.4) is 0 Å². The molecule has 0 radical (unpaired) electrons. The van der Waals surface area contributed by atoms with Gasteiger partial charge in [-0.1, -0.05) is 41.5 Å². The van der Waals surface area contributed by atoms with Crippen molar-refractivity contribution in [2.75, 3.05) is 13.1 Å². The second kappa shape index (κ2) is 6.65. The van der Waals surface area contributed by atoms with Crippen molar-refractivity contribution in [2.45, 2.75) is 6.42 Å². The molecule has 0 amide bonds. The van der Waals surface area contributed by atoms with Crippen LogP contribution in [0.4, 0.5) is 0 Å². The van der Waals surface area contributed by atoms with Crippen LogP contribution in [0.1, 0.15) is 11.1 Å². The molecule has 0 fully saturated rings.